The highest BCUT2D eigenvalue weighted by molar-refractivity contribution is 4.96. The standard InChI is InChI=1S/C17H32/c1-10(2)14-8-15(11(3)4)17-7-12(5)13(6)16(17)9-14/h10-17H,7-9H2,1-6H3/t12?,13?,14?,15-,16?,17?/m1/s1. The summed E-state index contributed by atoms with van der Waals surface area (Å²) in [5, 5.41) is 0. The third-order valence-electron chi connectivity index (χ3n) is 6.27. The topological polar surface area (TPSA) is 0 Å². The first-order chi connectivity index (χ1) is 7.91. The van der Waals surface area contributed by atoms with Crippen molar-refractivity contribution in [1.29, 1.82) is 0 Å². The zero-order valence-electron chi connectivity index (χ0n) is 12.7. The fourth-order valence-electron chi connectivity index (χ4n) is 4.79. The van der Waals surface area contributed by atoms with Gasteiger partial charge in [0.25, 0.3) is 0 Å². The van der Waals surface area contributed by atoms with Crippen LogP contribution in [0.1, 0.15) is 60.8 Å². The zero-order chi connectivity index (χ0) is 12.7. The monoisotopic (exact) mass is 236 g/mol. The van der Waals surface area contributed by atoms with Gasteiger partial charge in [-0.3, -0.25) is 0 Å². The molecule has 0 nitrogen and oxygen atoms in total. The van der Waals surface area contributed by atoms with Crippen molar-refractivity contribution in [3.8, 4) is 0 Å². The van der Waals surface area contributed by atoms with E-state index in [1.165, 1.54) is 19.3 Å². The van der Waals surface area contributed by atoms with Gasteiger partial charge >= 0.3 is 0 Å². The van der Waals surface area contributed by atoms with Crippen molar-refractivity contribution >= 4 is 0 Å². The van der Waals surface area contributed by atoms with Crippen LogP contribution in [0.15, 0.2) is 0 Å². The lowest BCUT2D eigenvalue weighted by Crippen LogP contribution is -2.35. The summed E-state index contributed by atoms with van der Waals surface area (Å²) in [5.41, 5.74) is 0. The fourth-order valence-corrected chi connectivity index (χ4v) is 4.79. The Hall–Kier alpha value is 0. The van der Waals surface area contributed by atoms with Crippen molar-refractivity contribution in [2.75, 3.05) is 0 Å². The molecule has 2 rings (SSSR count). The van der Waals surface area contributed by atoms with Gasteiger partial charge in [-0.25, -0.2) is 0 Å². The Morgan fingerprint density at radius 3 is 1.94 bits per heavy atom. The molecule has 0 aliphatic heterocycles. The van der Waals surface area contributed by atoms with Gasteiger partial charge in [-0.05, 0) is 66.6 Å². The third kappa shape index (κ3) is 2.42. The summed E-state index contributed by atoms with van der Waals surface area (Å²) in [6, 6.07) is 0. The van der Waals surface area contributed by atoms with Crippen molar-refractivity contribution in [2.45, 2.75) is 60.8 Å². The van der Waals surface area contributed by atoms with Crippen LogP contribution in [0.5, 0.6) is 0 Å². The van der Waals surface area contributed by atoms with Gasteiger partial charge in [0.1, 0.15) is 0 Å². The van der Waals surface area contributed by atoms with Gasteiger partial charge in [0, 0.05) is 0 Å². The Labute approximate surface area is 109 Å². The van der Waals surface area contributed by atoms with E-state index < -0.39 is 0 Å². The average molecular weight is 236 g/mol. The molecule has 0 amide bonds. The molecular formula is C17H32. The molecule has 0 bridgehead atoms. The number of fused-ring (bicyclic) bond motifs is 1. The predicted molar refractivity (Wildman–Crippen MR) is 75.8 cm³/mol. The molecule has 0 heteroatoms. The lowest BCUT2D eigenvalue weighted by Gasteiger charge is -2.43. The molecule has 2 aliphatic carbocycles. The molecular weight excluding hydrogens is 204 g/mol. The van der Waals surface area contributed by atoms with Gasteiger partial charge < -0.3 is 0 Å². The first kappa shape index (κ1) is 13.4. The highest BCUT2D eigenvalue weighted by Gasteiger charge is 2.47. The Morgan fingerprint density at radius 2 is 1.41 bits per heavy atom. The fraction of sp³-hybridized carbons (Fsp3) is 1.00. The molecule has 0 radical (unpaired) electrons. The van der Waals surface area contributed by atoms with E-state index >= 15 is 0 Å². The second kappa shape index (κ2) is 4.94. The molecule has 0 aromatic carbocycles. The second-order valence-electron chi connectivity index (χ2n) is 7.78. The van der Waals surface area contributed by atoms with E-state index in [1.54, 1.807) is 0 Å². The van der Waals surface area contributed by atoms with Crippen LogP contribution in [-0.4, -0.2) is 0 Å². The van der Waals surface area contributed by atoms with Crippen molar-refractivity contribution in [2.24, 2.45) is 47.3 Å². The maximum Gasteiger partial charge on any atom is -0.0349 e. The molecule has 17 heavy (non-hydrogen) atoms. The quantitative estimate of drug-likeness (QED) is 0.615. The molecule has 0 N–H and O–H groups in total. The average Bonchev–Trinajstić information content (AvgIpc) is 2.54. The first-order valence-electron chi connectivity index (χ1n) is 7.91. The molecule has 2 fully saturated rings. The van der Waals surface area contributed by atoms with Crippen molar-refractivity contribution in [1.82, 2.24) is 0 Å². The normalized spacial score (nSPS) is 46.6. The van der Waals surface area contributed by atoms with Crippen LogP contribution >= 0.6 is 0 Å². The van der Waals surface area contributed by atoms with Crippen LogP contribution in [0, 0.1) is 47.3 Å². The molecule has 0 aromatic heterocycles. The van der Waals surface area contributed by atoms with Crippen LogP contribution in [0.25, 0.3) is 0 Å². The van der Waals surface area contributed by atoms with Crippen molar-refractivity contribution in [3.05, 3.63) is 0 Å². The number of hydrogen-bond acceptors (Lipinski definition) is 0. The summed E-state index contributed by atoms with van der Waals surface area (Å²) in [6.45, 7) is 14.8. The van der Waals surface area contributed by atoms with Crippen molar-refractivity contribution < 1.29 is 0 Å². The maximum absolute atomic E-state index is 2.52. The molecule has 0 saturated heterocycles. The summed E-state index contributed by atoms with van der Waals surface area (Å²) in [7, 11) is 0. The van der Waals surface area contributed by atoms with Crippen LogP contribution < -0.4 is 0 Å². The lowest BCUT2D eigenvalue weighted by molar-refractivity contribution is 0.0599. The minimum Gasteiger partial charge on any atom is -0.0625 e. The zero-order valence-corrected chi connectivity index (χ0v) is 12.7. The Morgan fingerprint density at radius 1 is 0.765 bits per heavy atom. The molecule has 100 valence electrons. The van der Waals surface area contributed by atoms with E-state index in [9.17, 15) is 0 Å². The highest BCUT2D eigenvalue weighted by atomic mass is 14.5. The lowest BCUT2D eigenvalue weighted by atomic mass is 9.62. The number of rotatable bonds is 2. The molecule has 2 saturated carbocycles. The number of hydrogen-bond donors (Lipinski definition) is 0. The van der Waals surface area contributed by atoms with E-state index in [1.807, 2.05) is 0 Å². The molecule has 0 heterocycles. The minimum absolute atomic E-state index is 0.889. The van der Waals surface area contributed by atoms with Crippen LogP contribution in [-0.2, 0) is 0 Å². The smallest absolute Gasteiger partial charge is 0.0349 e. The van der Waals surface area contributed by atoms with E-state index in [0.717, 1.165) is 47.3 Å². The summed E-state index contributed by atoms with van der Waals surface area (Å²) < 4.78 is 0. The van der Waals surface area contributed by atoms with Crippen molar-refractivity contribution in [3.63, 3.8) is 0 Å². The molecule has 5 unspecified atom stereocenters. The Bertz CT molecular complexity index is 245. The van der Waals surface area contributed by atoms with Crippen LogP contribution in [0.4, 0.5) is 0 Å². The SMILES string of the molecule is CC(C)C1CC2C(C)C(C)CC2[C@@H](C(C)C)C1. The molecule has 6 atom stereocenters. The summed E-state index contributed by atoms with van der Waals surface area (Å²) in [5.74, 6) is 7.82. The third-order valence-corrected chi connectivity index (χ3v) is 6.27. The molecule has 0 spiro atoms. The van der Waals surface area contributed by atoms with Gasteiger partial charge in [0.2, 0.25) is 0 Å². The molecule has 2 aliphatic rings. The maximum atomic E-state index is 2.52. The van der Waals surface area contributed by atoms with E-state index in [0.29, 0.717) is 0 Å². The van der Waals surface area contributed by atoms with Gasteiger partial charge in [0.15, 0.2) is 0 Å². The van der Waals surface area contributed by atoms with E-state index in [2.05, 4.69) is 41.5 Å². The first-order valence-corrected chi connectivity index (χ1v) is 7.91. The van der Waals surface area contributed by atoms with Gasteiger partial charge in [-0.15, -0.1) is 0 Å². The summed E-state index contributed by atoms with van der Waals surface area (Å²) in [4.78, 5) is 0. The molecule has 0 aromatic rings. The largest absolute Gasteiger partial charge is 0.0625 e. The highest BCUT2D eigenvalue weighted by Crippen LogP contribution is 2.55. The Kier molecular flexibility index (Phi) is 3.90. The van der Waals surface area contributed by atoms with Crippen LogP contribution in [0.3, 0.4) is 0 Å². The summed E-state index contributed by atoms with van der Waals surface area (Å²) >= 11 is 0. The van der Waals surface area contributed by atoms with Crippen LogP contribution in [0.2, 0.25) is 0 Å². The predicted octanol–water partition coefficient (Wildman–Crippen LogP) is 5.23. The Balaban J connectivity index is 2.17. The summed E-state index contributed by atoms with van der Waals surface area (Å²) in [6.07, 6.45) is 4.55. The van der Waals surface area contributed by atoms with E-state index in [-0.39, 0.29) is 0 Å². The minimum atomic E-state index is 0.889. The van der Waals surface area contributed by atoms with Gasteiger partial charge in [0.05, 0.1) is 0 Å². The van der Waals surface area contributed by atoms with E-state index in [4.69, 9.17) is 0 Å². The van der Waals surface area contributed by atoms with Gasteiger partial charge in [-0.2, -0.15) is 0 Å². The van der Waals surface area contributed by atoms with Gasteiger partial charge in [-0.1, -0.05) is 41.5 Å². The second-order valence-corrected chi connectivity index (χ2v) is 7.78.